The third kappa shape index (κ3) is 3.20. The zero-order valence-electron chi connectivity index (χ0n) is 14.1. The van der Waals surface area contributed by atoms with E-state index in [1.807, 2.05) is 30.3 Å². The summed E-state index contributed by atoms with van der Waals surface area (Å²) in [4.78, 5) is 14.6. The van der Waals surface area contributed by atoms with Crippen molar-refractivity contribution in [2.45, 2.75) is 18.4 Å². The number of phenolic OH excluding ortho intramolecular Hbond substituents is 1. The Balaban J connectivity index is 1.38. The van der Waals surface area contributed by atoms with Gasteiger partial charge in [0.15, 0.2) is 5.78 Å². The Labute approximate surface area is 147 Å². The van der Waals surface area contributed by atoms with Gasteiger partial charge in [-0.1, -0.05) is 30.3 Å². The fourth-order valence-electron chi connectivity index (χ4n) is 4.50. The van der Waals surface area contributed by atoms with Gasteiger partial charge in [0.2, 0.25) is 0 Å². The number of hydrogen-bond acceptors (Lipinski definition) is 4. The Morgan fingerprint density at radius 1 is 1.00 bits per heavy atom. The van der Waals surface area contributed by atoms with Crippen LogP contribution < -0.4 is 0 Å². The normalized spacial score (nSPS) is 28.8. The first kappa shape index (κ1) is 16.3. The molecule has 1 heterocycles. The van der Waals surface area contributed by atoms with E-state index in [4.69, 9.17) is 0 Å². The van der Waals surface area contributed by atoms with E-state index in [1.165, 1.54) is 0 Å². The zero-order chi connectivity index (χ0) is 17.4. The van der Waals surface area contributed by atoms with E-state index in [0.29, 0.717) is 23.9 Å². The number of aromatic hydroxyl groups is 1. The number of carbonyl (C=O) groups excluding carboxylic acids is 1. The minimum atomic E-state index is -0.719. The first-order chi connectivity index (χ1) is 12.0. The van der Waals surface area contributed by atoms with Gasteiger partial charge >= 0.3 is 0 Å². The molecule has 1 aliphatic carbocycles. The Morgan fingerprint density at radius 3 is 2.20 bits per heavy atom. The number of aliphatic hydroxyl groups is 1. The van der Waals surface area contributed by atoms with Gasteiger partial charge in [0.05, 0.1) is 12.1 Å². The minimum absolute atomic E-state index is 0.0818. The van der Waals surface area contributed by atoms with Crippen LogP contribution in [-0.4, -0.2) is 40.5 Å². The quantitative estimate of drug-likeness (QED) is 0.842. The Kier molecular flexibility index (Phi) is 4.10. The monoisotopic (exact) mass is 337 g/mol. The van der Waals surface area contributed by atoms with Crippen molar-refractivity contribution in [3.63, 3.8) is 0 Å². The van der Waals surface area contributed by atoms with Crippen LogP contribution in [0.3, 0.4) is 0 Å². The number of phenols is 1. The summed E-state index contributed by atoms with van der Waals surface area (Å²) in [6.45, 7) is 2.13. The highest BCUT2D eigenvalue weighted by Crippen LogP contribution is 2.48. The van der Waals surface area contributed by atoms with Gasteiger partial charge in [-0.05, 0) is 54.5 Å². The fourth-order valence-corrected chi connectivity index (χ4v) is 4.50. The second-order valence-electron chi connectivity index (χ2n) is 7.49. The van der Waals surface area contributed by atoms with Gasteiger partial charge in [-0.3, -0.25) is 9.69 Å². The van der Waals surface area contributed by atoms with Crippen molar-refractivity contribution in [1.29, 1.82) is 0 Å². The van der Waals surface area contributed by atoms with E-state index in [0.717, 1.165) is 31.5 Å². The predicted molar refractivity (Wildman–Crippen MR) is 95.4 cm³/mol. The van der Waals surface area contributed by atoms with Gasteiger partial charge < -0.3 is 10.2 Å². The lowest BCUT2D eigenvalue weighted by Gasteiger charge is -2.26. The molecule has 1 aliphatic heterocycles. The Bertz CT molecular complexity index is 742. The molecule has 2 aromatic rings. The highest BCUT2D eigenvalue weighted by Gasteiger charge is 2.49. The molecule has 2 fully saturated rings. The molecule has 0 radical (unpaired) electrons. The lowest BCUT2D eigenvalue weighted by atomic mass is 9.90. The molecule has 0 bridgehead atoms. The molecule has 0 aromatic heterocycles. The summed E-state index contributed by atoms with van der Waals surface area (Å²) in [5, 5.41) is 20.4. The number of hydrogen-bond donors (Lipinski definition) is 2. The highest BCUT2D eigenvalue weighted by atomic mass is 16.3. The SMILES string of the molecule is O=C(CN1CC2CC(O)(c3ccccc3)CC2C1)c1ccc(O)cc1. The fraction of sp³-hybridized carbons (Fsp3) is 0.381. The van der Waals surface area contributed by atoms with E-state index < -0.39 is 5.60 Å². The number of nitrogens with zero attached hydrogens (tertiary/aromatic N) is 1. The first-order valence-electron chi connectivity index (χ1n) is 8.86. The van der Waals surface area contributed by atoms with Gasteiger partial charge in [0, 0.05) is 18.7 Å². The van der Waals surface area contributed by atoms with E-state index in [1.54, 1.807) is 24.3 Å². The number of rotatable bonds is 4. The molecule has 0 spiro atoms. The first-order valence-corrected chi connectivity index (χ1v) is 8.86. The molecule has 1 saturated carbocycles. The molecule has 1 saturated heterocycles. The summed E-state index contributed by atoms with van der Waals surface area (Å²) in [5.41, 5.74) is 0.927. The molecule has 4 rings (SSSR count). The van der Waals surface area contributed by atoms with Gasteiger partial charge in [-0.25, -0.2) is 0 Å². The smallest absolute Gasteiger partial charge is 0.176 e. The molecule has 2 atom stereocenters. The molecule has 0 amide bonds. The van der Waals surface area contributed by atoms with Gasteiger partial charge in [-0.2, -0.15) is 0 Å². The average molecular weight is 337 g/mol. The van der Waals surface area contributed by atoms with Crippen LogP contribution in [0.25, 0.3) is 0 Å². The molecule has 130 valence electrons. The number of likely N-dealkylation sites (tertiary alicyclic amines) is 1. The Morgan fingerprint density at radius 2 is 1.60 bits per heavy atom. The number of benzene rings is 2. The molecular weight excluding hydrogens is 314 g/mol. The van der Waals surface area contributed by atoms with Crippen molar-refractivity contribution < 1.29 is 15.0 Å². The summed E-state index contributed by atoms with van der Waals surface area (Å²) >= 11 is 0. The molecular formula is C21H23NO3. The lowest BCUT2D eigenvalue weighted by Crippen LogP contribution is -2.31. The van der Waals surface area contributed by atoms with Crippen molar-refractivity contribution in [1.82, 2.24) is 4.90 Å². The van der Waals surface area contributed by atoms with Crippen molar-refractivity contribution in [3.8, 4) is 5.75 Å². The van der Waals surface area contributed by atoms with Gasteiger partial charge in [-0.15, -0.1) is 0 Å². The average Bonchev–Trinajstić information content (AvgIpc) is 3.11. The topological polar surface area (TPSA) is 60.8 Å². The van der Waals surface area contributed by atoms with E-state index >= 15 is 0 Å². The highest BCUT2D eigenvalue weighted by molar-refractivity contribution is 5.97. The molecule has 4 heteroatoms. The number of fused-ring (bicyclic) bond motifs is 1. The standard InChI is InChI=1S/C21H23NO3/c23-19-8-6-15(7-9-19)20(24)14-22-12-16-10-21(25,11-17(16)13-22)18-4-2-1-3-5-18/h1-9,16-17,23,25H,10-14H2. The van der Waals surface area contributed by atoms with Crippen LogP contribution in [0.15, 0.2) is 54.6 Å². The van der Waals surface area contributed by atoms with Crippen LogP contribution in [0.5, 0.6) is 5.75 Å². The second-order valence-corrected chi connectivity index (χ2v) is 7.49. The summed E-state index contributed by atoms with van der Waals surface area (Å²) < 4.78 is 0. The summed E-state index contributed by atoms with van der Waals surface area (Å²) in [7, 11) is 0. The molecule has 2 unspecified atom stereocenters. The summed E-state index contributed by atoms with van der Waals surface area (Å²) in [6, 6.07) is 16.4. The van der Waals surface area contributed by atoms with Crippen LogP contribution in [0.2, 0.25) is 0 Å². The van der Waals surface area contributed by atoms with E-state index in [9.17, 15) is 15.0 Å². The maximum Gasteiger partial charge on any atom is 0.176 e. The minimum Gasteiger partial charge on any atom is -0.508 e. The van der Waals surface area contributed by atoms with Crippen LogP contribution in [0.4, 0.5) is 0 Å². The van der Waals surface area contributed by atoms with Crippen LogP contribution >= 0.6 is 0 Å². The molecule has 2 aliphatic rings. The molecule has 2 aromatic carbocycles. The molecule has 4 nitrogen and oxygen atoms in total. The van der Waals surface area contributed by atoms with Crippen LogP contribution in [0, 0.1) is 11.8 Å². The second kappa shape index (κ2) is 6.28. The third-order valence-corrected chi connectivity index (χ3v) is 5.72. The van der Waals surface area contributed by atoms with Gasteiger partial charge in [0.1, 0.15) is 5.75 Å². The summed E-state index contributed by atoms with van der Waals surface area (Å²) in [5.74, 6) is 1.14. The zero-order valence-corrected chi connectivity index (χ0v) is 14.1. The molecule has 2 N–H and O–H groups in total. The van der Waals surface area contributed by atoms with Gasteiger partial charge in [0.25, 0.3) is 0 Å². The molecule has 25 heavy (non-hydrogen) atoms. The maximum absolute atomic E-state index is 12.4. The largest absolute Gasteiger partial charge is 0.508 e. The van der Waals surface area contributed by atoms with Crippen molar-refractivity contribution in [2.75, 3.05) is 19.6 Å². The number of carbonyl (C=O) groups is 1. The van der Waals surface area contributed by atoms with Crippen molar-refractivity contribution in [2.24, 2.45) is 11.8 Å². The van der Waals surface area contributed by atoms with Crippen LogP contribution in [0.1, 0.15) is 28.8 Å². The number of ketones is 1. The maximum atomic E-state index is 12.4. The third-order valence-electron chi connectivity index (χ3n) is 5.72. The number of Topliss-reactive ketones (excluding diaryl/α,β-unsaturated/α-hetero) is 1. The van der Waals surface area contributed by atoms with E-state index in [2.05, 4.69) is 4.90 Å². The van der Waals surface area contributed by atoms with Crippen molar-refractivity contribution >= 4 is 5.78 Å². The summed E-state index contributed by atoms with van der Waals surface area (Å²) in [6.07, 6.45) is 1.54. The van der Waals surface area contributed by atoms with Crippen molar-refractivity contribution in [3.05, 3.63) is 65.7 Å². The van der Waals surface area contributed by atoms with Crippen LogP contribution in [-0.2, 0) is 5.60 Å². The Hall–Kier alpha value is -2.17. The predicted octanol–water partition coefficient (Wildman–Crippen LogP) is 2.80. The van der Waals surface area contributed by atoms with E-state index in [-0.39, 0.29) is 11.5 Å². The lowest BCUT2D eigenvalue weighted by molar-refractivity contribution is 0.0315.